The third-order valence-electron chi connectivity index (χ3n) is 2.67. The van der Waals surface area contributed by atoms with E-state index in [2.05, 4.69) is 21.2 Å². The Hall–Kier alpha value is -0.910. The van der Waals surface area contributed by atoms with Gasteiger partial charge in [-0.25, -0.2) is 0 Å². The number of halogens is 1. The Morgan fingerprint density at radius 2 is 2.41 bits per heavy atom. The van der Waals surface area contributed by atoms with Crippen LogP contribution in [-0.2, 0) is 4.74 Å². The number of hydrogen-bond acceptors (Lipinski definition) is 4. The topological polar surface area (TPSA) is 47.6 Å². The highest BCUT2D eigenvalue weighted by Gasteiger charge is 2.22. The van der Waals surface area contributed by atoms with Gasteiger partial charge < -0.3 is 14.8 Å². The second-order valence-electron chi connectivity index (χ2n) is 3.80. The molecule has 17 heavy (non-hydrogen) atoms. The molecule has 2 rings (SSSR count). The van der Waals surface area contributed by atoms with Gasteiger partial charge in [0.25, 0.3) is 0 Å². The molecule has 4 nitrogen and oxygen atoms in total. The van der Waals surface area contributed by atoms with Gasteiger partial charge in [-0.15, -0.1) is 0 Å². The van der Waals surface area contributed by atoms with Crippen molar-refractivity contribution in [2.75, 3.05) is 26.9 Å². The molecule has 1 fully saturated rings. The predicted molar refractivity (Wildman–Crippen MR) is 67.6 cm³/mol. The molecule has 1 atom stereocenters. The smallest absolute Gasteiger partial charge is 0.182 e. The molecular weight excluding hydrogens is 286 g/mol. The minimum Gasteiger partial charge on any atom is -0.496 e. The van der Waals surface area contributed by atoms with Crippen LogP contribution in [0.25, 0.3) is 0 Å². The maximum absolute atomic E-state index is 12.1. The van der Waals surface area contributed by atoms with Gasteiger partial charge in [0.2, 0.25) is 0 Å². The summed E-state index contributed by atoms with van der Waals surface area (Å²) in [6.45, 7) is 1.81. The van der Waals surface area contributed by atoms with E-state index in [4.69, 9.17) is 9.47 Å². The Kier molecular flexibility index (Phi) is 4.15. The van der Waals surface area contributed by atoms with Crippen molar-refractivity contribution in [2.45, 2.75) is 6.04 Å². The van der Waals surface area contributed by atoms with E-state index < -0.39 is 0 Å². The molecule has 1 unspecified atom stereocenters. The Balaban J connectivity index is 2.16. The van der Waals surface area contributed by atoms with Gasteiger partial charge in [-0.05, 0) is 34.1 Å². The first kappa shape index (κ1) is 12.5. The first-order chi connectivity index (χ1) is 8.22. The number of carbonyl (C=O) groups is 1. The number of Topliss-reactive ketones (excluding diaryl/α,β-unsaturated/α-hetero) is 1. The molecule has 92 valence electrons. The average Bonchev–Trinajstić information content (AvgIpc) is 2.39. The van der Waals surface area contributed by atoms with Crippen molar-refractivity contribution in [3.05, 3.63) is 28.2 Å². The van der Waals surface area contributed by atoms with Crippen LogP contribution in [0.2, 0.25) is 0 Å². The van der Waals surface area contributed by atoms with Gasteiger partial charge in [0, 0.05) is 12.1 Å². The summed E-state index contributed by atoms with van der Waals surface area (Å²) in [5, 5.41) is 3.14. The Labute approximate surface area is 108 Å². The van der Waals surface area contributed by atoms with E-state index >= 15 is 0 Å². The zero-order chi connectivity index (χ0) is 12.3. The lowest BCUT2D eigenvalue weighted by molar-refractivity contribution is 0.0607. The molecule has 0 radical (unpaired) electrons. The molecule has 0 spiro atoms. The number of nitrogens with one attached hydrogen (secondary N) is 1. The number of ether oxygens (including phenoxy) is 2. The molecule has 0 bridgehead atoms. The van der Waals surface area contributed by atoms with Crippen molar-refractivity contribution in [2.24, 2.45) is 0 Å². The van der Waals surface area contributed by atoms with Gasteiger partial charge in [-0.1, -0.05) is 0 Å². The fraction of sp³-hybridized carbons (Fsp3) is 0.417. The number of methoxy groups -OCH3 is 1. The first-order valence-electron chi connectivity index (χ1n) is 5.41. The number of morpholine rings is 1. The third kappa shape index (κ3) is 2.86. The fourth-order valence-electron chi connectivity index (χ4n) is 1.75. The lowest BCUT2D eigenvalue weighted by Crippen LogP contribution is -2.46. The van der Waals surface area contributed by atoms with Crippen LogP contribution in [0.4, 0.5) is 0 Å². The summed E-state index contributed by atoms with van der Waals surface area (Å²) in [5.74, 6) is 0.766. The summed E-state index contributed by atoms with van der Waals surface area (Å²) in [5.41, 5.74) is 0.653. The summed E-state index contributed by atoms with van der Waals surface area (Å²) in [6.07, 6.45) is 0. The minimum absolute atomic E-state index is 0.0491. The van der Waals surface area contributed by atoms with Gasteiger partial charge in [0.05, 0.1) is 30.8 Å². The van der Waals surface area contributed by atoms with E-state index in [0.717, 1.165) is 10.2 Å². The minimum atomic E-state index is -0.246. The van der Waals surface area contributed by atoms with Crippen molar-refractivity contribution in [1.82, 2.24) is 5.32 Å². The lowest BCUT2D eigenvalue weighted by atomic mass is 10.0. The Morgan fingerprint density at radius 1 is 1.59 bits per heavy atom. The molecule has 1 heterocycles. The molecule has 1 aromatic carbocycles. The maximum atomic E-state index is 12.1. The van der Waals surface area contributed by atoms with Gasteiger partial charge in [0.1, 0.15) is 5.75 Å². The summed E-state index contributed by atoms with van der Waals surface area (Å²) in [6, 6.07) is 5.07. The van der Waals surface area contributed by atoms with E-state index in [9.17, 15) is 4.79 Å². The molecule has 1 saturated heterocycles. The molecule has 1 aromatic rings. The molecule has 0 saturated carbocycles. The van der Waals surface area contributed by atoms with Crippen LogP contribution in [0.5, 0.6) is 5.75 Å². The van der Waals surface area contributed by atoms with Crippen molar-refractivity contribution in [3.8, 4) is 5.75 Å². The number of carbonyl (C=O) groups excluding carboxylic acids is 1. The van der Waals surface area contributed by atoms with E-state index in [1.54, 1.807) is 25.3 Å². The van der Waals surface area contributed by atoms with Crippen LogP contribution in [0.3, 0.4) is 0 Å². The highest BCUT2D eigenvalue weighted by Crippen LogP contribution is 2.26. The average molecular weight is 300 g/mol. The van der Waals surface area contributed by atoms with Crippen LogP contribution in [-0.4, -0.2) is 38.7 Å². The second kappa shape index (κ2) is 5.62. The zero-order valence-corrected chi connectivity index (χ0v) is 11.1. The molecule has 0 aromatic heterocycles. The molecule has 0 aliphatic carbocycles. The summed E-state index contributed by atoms with van der Waals surface area (Å²) in [4.78, 5) is 12.1. The Morgan fingerprint density at radius 3 is 3.00 bits per heavy atom. The van der Waals surface area contributed by atoms with Gasteiger partial charge in [-0.3, -0.25) is 4.79 Å². The number of benzene rings is 1. The quantitative estimate of drug-likeness (QED) is 0.862. The van der Waals surface area contributed by atoms with Crippen molar-refractivity contribution >= 4 is 21.7 Å². The number of ketones is 1. The molecule has 1 N–H and O–H groups in total. The number of hydrogen-bond donors (Lipinski definition) is 1. The fourth-order valence-corrected chi connectivity index (χ4v) is 2.30. The lowest BCUT2D eigenvalue weighted by Gasteiger charge is -2.22. The first-order valence-corrected chi connectivity index (χ1v) is 6.20. The Bertz CT molecular complexity index is 416. The SMILES string of the molecule is COc1ccc(C(=O)C2COCCN2)cc1Br. The van der Waals surface area contributed by atoms with Crippen LogP contribution in [0, 0.1) is 0 Å². The predicted octanol–water partition coefficient (Wildman–Crippen LogP) is 1.63. The van der Waals surface area contributed by atoms with E-state index in [1.165, 1.54) is 0 Å². The molecule has 1 aliphatic heterocycles. The summed E-state index contributed by atoms with van der Waals surface area (Å²) in [7, 11) is 1.60. The highest BCUT2D eigenvalue weighted by molar-refractivity contribution is 9.10. The molecule has 5 heteroatoms. The standard InChI is InChI=1S/C12H14BrNO3/c1-16-11-3-2-8(6-9(11)13)12(15)10-7-17-5-4-14-10/h2-3,6,10,14H,4-5,7H2,1H3. The van der Waals surface area contributed by atoms with Crippen molar-refractivity contribution < 1.29 is 14.3 Å². The van der Waals surface area contributed by atoms with E-state index in [1.807, 2.05) is 0 Å². The van der Waals surface area contributed by atoms with Crippen LogP contribution in [0.1, 0.15) is 10.4 Å². The molecular formula is C12H14BrNO3. The third-order valence-corrected chi connectivity index (χ3v) is 3.29. The van der Waals surface area contributed by atoms with Crippen LogP contribution in [0.15, 0.2) is 22.7 Å². The van der Waals surface area contributed by atoms with Crippen molar-refractivity contribution in [1.29, 1.82) is 0 Å². The van der Waals surface area contributed by atoms with Gasteiger partial charge in [0.15, 0.2) is 5.78 Å². The second-order valence-corrected chi connectivity index (χ2v) is 4.65. The van der Waals surface area contributed by atoms with Crippen LogP contribution >= 0.6 is 15.9 Å². The van der Waals surface area contributed by atoms with E-state index in [0.29, 0.717) is 25.3 Å². The zero-order valence-electron chi connectivity index (χ0n) is 9.53. The van der Waals surface area contributed by atoms with Crippen LogP contribution < -0.4 is 10.1 Å². The monoisotopic (exact) mass is 299 g/mol. The largest absolute Gasteiger partial charge is 0.496 e. The molecule has 0 amide bonds. The summed E-state index contributed by atoms with van der Waals surface area (Å²) < 4.78 is 11.2. The van der Waals surface area contributed by atoms with E-state index in [-0.39, 0.29) is 11.8 Å². The highest BCUT2D eigenvalue weighted by atomic mass is 79.9. The van der Waals surface area contributed by atoms with Gasteiger partial charge >= 0.3 is 0 Å². The molecule has 1 aliphatic rings. The van der Waals surface area contributed by atoms with Crippen molar-refractivity contribution in [3.63, 3.8) is 0 Å². The number of rotatable bonds is 3. The normalized spacial score (nSPS) is 20.0. The summed E-state index contributed by atoms with van der Waals surface area (Å²) >= 11 is 3.37. The maximum Gasteiger partial charge on any atom is 0.182 e. The van der Waals surface area contributed by atoms with Gasteiger partial charge in [-0.2, -0.15) is 0 Å².